The first-order valence-corrected chi connectivity index (χ1v) is 6.10. The number of aromatic nitrogens is 2. The van der Waals surface area contributed by atoms with E-state index in [1.54, 1.807) is 0 Å². The number of nitrogens with zero attached hydrogens (tertiary/aromatic N) is 2. The average molecular weight is 225 g/mol. The molecule has 4 heteroatoms. The van der Waals surface area contributed by atoms with Crippen molar-refractivity contribution in [3.05, 3.63) is 11.7 Å². The van der Waals surface area contributed by atoms with Crippen LogP contribution in [0.15, 0.2) is 4.52 Å². The maximum Gasteiger partial charge on any atom is 0.228 e. The Balaban J connectivity index is 2.62. The lowest BCUT2D eigenvalue weighted by Gasteiger charge is -2.19. The normalized spacial score (nSPS) is 13.7. The van der Waals surface area contributed by atoms with Crippen molar-refractivity contribution >= 4 is 0 Å². The number of rotatable bonds is 6. The van der Waals surface area contributed by atoms with Crippen LogP contribution in [0.1, 0.15) is 52.3 Å². The van der Waals surface area contributed by atoms with E-state index in [0.717, 1.165) is 24.7 Å². The van der Waals surface area contributed by atoms with E-state index in [0.29, 0.717) is 17.9 Å². The van der Waals surface area contributed by atoms with E-state index in [1.807, 2.05) is 0 Å². The second-order valence-corrected chi connectivity index (χ2v) is 4.81. The fraction of sp³-hybridized carbons (Fsp3) is 0.833. The van der Waals surface area contributed by atoms with Crippen LogP contribution >= 0.6 is 0 Å². The van der Waals surface area contributed by atoms with Crippen molar-refractivity contribution in [1.29, 1.82) is 0 Å². The fourth-order valence-electron chi connectivity index (χ4n) is 1.58. The molecule has 1 atom stereocenters. The first-order valence-electron chi connectivity index (χ1n) is 6.10. The number of hydrogen-bond donors (Lipinski definition) is 1. The van der Waals surface area contributed by atoms with Gasteiger partial charge in [-0.2, -0.15) is 4.98 Å². The lowest BCUT2D eigenvalue weighted by Crippen LogP contribution is -2.35. The lowest BCUT2D eigenvalue weighted by atomic mass is 10.0. The predicted molar refractivity (Wildman–Crippen MR) is 64.4 cm³/mol. The van der Waals surface area contributed by atoms with Gasteiger partial charge in [-0.1, -0.05) is 39.8 Å². The van der Waals surface area contributed by atoms with E-state index in [1.165, 1.54) is 0 Å². The Morgan fingerprint density at radius 2 is 1.94 bits per heavy atom. The first kappa shape index (κ1) is 13.2. The minimum atomic E-state index is 0.328. The minimum absolute atomic E-state index is 0.328. The molecule has 0 aromatic carbocycles. The van der Waals surface area contributed by atoms with Crippen LogP contribution in [0.2, 0.25) is 0 Å². The van der Waals surface area contributed by atoms with Gasteiger partial charge in [0.05, 0.1) is 0 Å². The average Bonchev–Trinajstić information content (AvgIpc) is 2.65. The molecule has 0 bridgehead atoms. The van der Waals surface area contributed by atoms with Crippen LogP contribution in [0.4, 0.5) is 0 Å². The topological polar surface area (TPSA) is 51.0 Å². The second kappa shape index (κ2) is 5.99. The van der Waals surface area contributed by atoms with Gasteiger partial charge in [-0.25, -0.2) is 0 Å². The standard InChI is InChI=1S/C12H23N3O/c1-6-13-10(8(2)3)7-11-14-12(9(4)5)15-16-11/h8-10,13H,6-7H2,1-5H3. The van der Waals surface area contributed by atoms with Crippen LogP contribution < -0.4 is 5.32 Å². The molecule has 16 heavy (non-hydrogen) atoms. The van der Waals surface area contributed by atoms with Gasteiger partial charge in [0, 0.05) is 18.4 Å². The largest absolute Gasteiger partial charge is 0.339 e. The predicted octanol–water partition coefficient (Wildman–Crippen LogP) is 2.37. The third-order valence-electron chi connectivity index (χ3n) is 2.67. The van der Waals surface area contributed by atoms with Crippen LogP contribution in [0.25, 0.3) is 0 Å². The lowest BCUT2D eigenvalue weighted by molar-refractivity contribution is 0.326. The molecule has 0 radical (unpaired) electrons. The Hall–Kier alpha value is -0.900. The van der Waals surface area contributed by atoms with E-state index in [2.05, 4.69) is 50.1 Å². The zero-order valence-electron chi connectivity index (χ0n) is 10.9. The van der Waals surface area contributed by atoms with Crippen molar-refractivity contribution in [2.45, 2.75) is 53.0 Å². The zero-order chi connectivity index (χ0) is 12.1. The van der Waals surface area contributed by atoms with Crippen molar-refractivity contribution < 1.29 is 4.52 Å². The highest BCUT2D eigenvalue weighted by atomic mass is 16.5. The van der Waals surface area contributed by atoms with Crippen molar-refractivity contribution in [1.82, 2.24) is 15.5 Å². The van der Waals surface area contributed by atoms with Crippen LogP contribution in [-0.2, 0) is 6.42 Å². The fourth-order valence-corrected chi connectivity index (χ4v) is 1.58. The second-order valence-electron chi connectivity index (χ2n) is 4.81. The smallest absolute Gasteiger partial charge is 0.228 e. The quantitative estimate of drug-likeness (QED) is 0.807. The molecular formula is C12H23N3O. The summed E-state index contributed by atoms with van der Waals surface area (Å²) in [6.45, 7) is 11.6. The highest BCUT2D eigenvalue weighted by Crippen LogP contribution is 2.13. The summed E-state index contributed by atoms with van der Waals surface area (Å²) < 4.78 is 5.25. The third kappa shape index (κ3) is 3.59. The molecule has 0 spiro atoms. The maximum absolute atomic E-state index is 5.25. The van der Waals surface area contributed by atoms with Gasteiger partial charge in [0.1, 0.15) is 0 Å². The Bertz CT molecular complexity index is 307. The van der Waals surface area contributed by atoms with Gasteiger partial charge in [0.2, 0.25) is 5.89 Å². The van der Waals surface area contributed by atoms with Crippen molar-refractivity contribution in [2.24, 2.45) is 5.92 Å². The van der Waals surface area contributed by atoms with Crippen LogP contribution in [0.5, 0.6) is 0 Å². The first-order chi connectivity index (χ1) is 7.54. The summed E-state index contributed by atoms with van der Waals surface area (Å²) in [6.07, 6.45) is 0.811. The SMILES string of the molecule is CCNC(Cc1nc(C(C)C)no1)C(C)C. The maximum atomic E-state index is 5.25. The molecule has 4 nitrogen and oxygen atoms in total. The molecule has 1 heterocycles. The molecule has 0 aliphatic rings. The molecule has 0 aliphatic carbocycles. The Morgan fingerprint density at radius 1 is 1.25 bits per heavy atom. The van der Waals surface area contributed by atoms with Crippen LogP contribution in [0, 0.1) is 5.92 Å². The van der Waals surface area contributed by atoms with Gasteiger partial charge in [0.25, 0.3) is 0 Å². The molecular weight excluding hydrogens is 202 g/mol. The van der Waals surface area contributed by atoms with Gasteiger partial charge in [-0.3, -0.25) is 0 Å². The summed E-state index contributed by atoms with van der Waals surface area (Å²) in [5, 5.41) is 7.42. The summed E-state index contributed by atoms with van der Waals surface area (Å²) in [5.41, 5.74) is 0. The number of likely N-dealkylation sites (N-methyl/N-ethyl adjacent to an activating group) is 1. The van der Waals surface area contributed by atoms with Gasteiger partial charge >= 0.3 is 0 Å². The molecule has 0 saturated heterocycles. The molecule has 1 N–H and O–H groups in total. The van der Waals surface area contributed by atoms with Gasteiger partial charge in [-0.05, 0) is 12.5 Å². The zero-order valence-corrected chi connectivity index (χ0v) is 10.9. The Kier molecular flexibility index (Phi) is 4.93. The number of nitrogens with one attached hydrogen (secondary N) is 1. The van der Waals surface area contributed by atoms with Crippen molar-refractivity contribution in [3.8, 4) is 0 Å². The molecule has 1 rings (SSSR count). The molecule has 92 valence electrons. The highest BCUT2D eigenvalue weighted by molar-refractivity contribution is 4.94. The molecule has 1 aromatic heterocycles. The Labute approximate surface area is 97.8 Å². The van der Waals surface area contributed by atoms with Gasteiger partial charge < -0.3 is 9.84 Å². The van der Waals surface area contributed by atoms with E-state index in [-0.39, 0.29) is 0 Å². The van der Waals surface area contributed by atoms with Crippen LogP contribution in [-0.4, -0.2) is 22.7 Å². The van der Waals surface area contributed by atoms with Crippen LogP contribution in [0.3, 0.4) is 0 Å². The van der Waals surface area contributed by atoms with Gasteiger partial charge in [0.15, 0.2) is 5.82 Å². The molecule has 1 unspecified atom stereocenters. The molecule has 1 aromatic rings. The van der Waals surface area contributed by atoms with Crippen molar-refractivity contribution in [3.63, 3.8) is 0 Å². The van der Waals surface area contributed by atoms with E-state index in [4.69, 9.17) is 4.52 Å². The van der Waals surface area contributed by atoms with Gasteiger partial charge in [-0.15, -0.1) is 0 Å². The monoisotopic (exact) mass is 225 g/mol. The third-order valence-corrected chi connectivity index (χ3v) is 2.67. The summed E-state index contributed by atoms with van der Waals surface area (Å²) >= 11 is 0. The summed E-state index contributed by atoms with van der Waals surface area (Å²) in [6, 6.07) is 0.408. The summed E-state index contributed by atoms with van der Waals surface area (Å²) in [4.78, 5) is 4.40. The van der Waals surface area contributed by atoms with Crippen molar-refractivity contribution in [2.75, 3.05) is 6.54 Å². The molecule has 0 amide bonds. The van der Waals surface area contributed by atoms with E-state index < -0.39 is 0 Å². The van der Waals surface area contributed by atoms with E-state index >= 15 is 0 Å². The summed E-state index contributed by atoms with van der Waals surface area (Å²) in [7, 11) is 0. The Morgan fingerprint density at radius 3 is 2.38 bits per heavy atom. The minimum Gasteiger partial charge on any atom is -0.339 e. The molecule has 0 fully saturated rings. The molecule has 0 aliphatic heterocycles. The van der Waals surface area contributed by atoms with E-state index in [9.17, 15) is 0 Å². The highest BCUT2D eigenvalue weighted by Gasteiger charge is 2.17. The molecule has 0 saturated carbocycles. The summed E-state index contributed by atoms with van der Waals surface area (Å²) in [5.74, 6) is 2.43. The number of hydrogen-bond acceptors (Lipinski definition) is 4.